The van der Waals surface area contributed by atoms with E-state index in [2.05, 4.69) is 0 Å². The summed E-state index contributed by atoms with van der Waals surface area (Å²) in [6, 6.07) is 0. The average molecular weight is 176 g/mol. The zero-order valence-corrected chi connectivity index (χ0v) is 8.68. The fourth-order valence-electron chi connectivity index (χ4n) is 0.742. The molecule has 0 aromatic heterocycles. The van der Waals surface area contributed by atoms with Gasteiger partial charge in [0.05, 0.1) is 13.2 Å². The van der Waals surface area contributed by atoms with E-state index in [0.29, 0.717) is 13.2 Å². The monoisotopic (exact) mass is 176 g/mol. The van der Waals surface area contributed by atoms with Gasteiger partial charge in [-0.15, -0.1) is 0 Å². The van der Waals surface area contributed by atoms with Crippen molar-refractivity contribution in [2.45, 2.75) is 46.0 Å². The Bertz CT molecular complexity index is 102. The van der Waals surface area contributed by atoms with Gasteiger partial charge in [0.1, 0.15) is 5.60 Å². The first-order valence-corrected chi connectivity index (χ1v) is 4.42. The SMILES string of the molecule is CC.CC1(O)COC(C)(C)OC1. The summed E-state index contributed by atoms with van der Waals surface area (Å²) in [6.07, 6.45) is 0. The second kappa shape index (κ2) is 4.21. The molecular formula is C9H20O3. The Morgan fingerprint density at radius 2 is 1.33 bits per heavy atom. The summed E-state index contributed by atoms with van der Waals surface area (Å²) in [6.45, 7) is 10.1. The molecule has 0 aromatic rings. The third-order valence-corrected chi connectivity index (χ3v) is 1.46. The van der Waals surface area contributed by atoms with E-state index in [9.17, 15) is 5.11 Å². The normalized spacial score (nSPS) is 25.5. The number of ether oxygens (including phenoxy) is 2. The summed E-state index contributed by atoms with van der Waals surface area (Å²) in [5.74, 6) is -0.526. The Labute approximate surface area is 74.7 Å². The molecule has 0 aliphatic carbocycles. The van der Waals surface area contributed by atoms with Crippen LogP contribution in [0.4, 0.5) is 0 Å². The van der Waals surface area contributed by atoms with Gasteiger partial charge in [0.15, 0.2) is 5.79 Å². The van der Waals surface area contributed by atoms with Crippen molar-refractivity contribution in [3.05, 3.63) is 0 Å². The van der Waals surface area contributed by atoms with E-state index in [1.807, 2.05) is 27.7 Å². The first kappa shape index (κ1) is 11.9. The lowest BCUT2D eigenvalue weighted by molar-refractivity contribution is -0.297. The molecular weight excluding hydrogens is 156 g/mol. The first-order valence-electron chi connectivity index (χ1n) is 4.42. The second-order valence-electron chi connectivity index (χ2n) is 3.47. The molecule has 1 aliphatic heterocycles. The van der Waals surface area contributed by atoms with Crippen LogP contribution in [0.3, 0.4) is 0 Å². The predicted molar refractivity (Wildman–Crippen MR) is 48.0 cm³/mol. The molecule has 1 fully saturated rings. The molecule has 0 saturated carbocycles. The minimum Gasteiger partial charge on any atom is -0.385 e. The van der Waals surface area contributed by atoms with Crippen LogP contribution >= 0.6 is 0 Å². The summed E-state index contributed by atoms with van der Waals surface area (Å²) >= 11 is 0. The maximum Gasteiger partial charge on any atom is 0.163 e. The van der Waals surface area contributed by atoms with Crippen molar-refractivity contribution in [1.29, 1.82) is 0 Å². The highest BCUT2D eigenvalue weighted by Gasteiger charge is 2.34. The van der Waals surface area contributed by atoms with Gasteiger partial charge in [-0.25, -0.2) is 0 Å². The molecule has 1 rings (SSSR count). The third-order valence-electron chi connectivity index (χ3n) is 1.46. The van der Waals surface area contributed by atoms with Crippen molar-refractivity contribution in [2.24, 2.45) is 0 Å². The van der Waals surface area contributed by atoms with E-state index in [0.717, 1.165) is 0 Å². The molecule has 0 radical (unpaired) electrons. The summed E-state index contributed by atoms with van der Waals surface area (Å²) in [5, 5.41) is 9.36. The smallest absolute Gasteiger partial charge is 0.163 e. The van der Waals surface area contributed by atoms with Crippen LogP contribution < -0.4 is 0 Å². The van der Waals surface area contributed by atoms with Crippen LogP contribution in [0.2, 0.25) is 0 Å². The lowest BCUT2D eigenvalue weighted by Gasteiger charge is -2.38. The maximum atomic E-state index is 9.36. The Kier molecular flexibility index (Phi) is 4.17. The molecule has 0 spiro atoms. The molecule has 74 valence electrons. The van der Waals surface area contributed by atoms with E-state index in [4.69, 9.17) is 9.47 Å². The summed E-state index contributed by atoms with van der Waals surface area (Å²) in [5.41, 5.74) is -0.810. The molecule has 3 heteroatoms. The van der Waals surface area contributed by atoms with Gasteiger partial charge in [-0.1, -0.05) is 13.8 Å². The molecule has 0 atom stereocenters. The summed E-state index contributed by atoms with van der Waals surface area (Å²) in [4.78, 5) is 0. The van der Waals surface area contributed by atoms with Crippen LogP contribution in [0, 0.1) is 0 Å². The lowest BCUT2D eigenvalue weighted by atomic mass is 10.1. The summed E-state index contributed by atoms with van der Waals surface area (Å²) < 4.78 is 10.4. The molecule has 1 heterocycles. The molecule has 1 N–H and O–H groups in total. The van der Waals surface area contributed by atoms with Gasteiger partial charge in [0, 0.05) is 0 Å². The van der Waals surface area contributed by atoms with Crippen molar-refractivity contribution in [1.82, 2.24) is 0 Å². The molecule has 3 nitrogen and oxygen atoms in total. The van der Waals surface area contributed by atoms with Gasteiger partial charge in [-0.2, -0.15) is 0 Å². The van der Waals surface area contributed by atoms with Crippen LogP contribution in [0.25, 0.3) is 0 Å². The quantitative estimate of drug-likeness (QED) is 0.608. The van der Waals surface area contributed by atoms with Crippen LogP contribution in [0.15, 0.2) is 0 Å². The van der Waals surface area contributed by atoms with E-state index < -0.39 is 11.4 Å². The molecule has 0 bridgehead atoms. The predicted octanol–water partition coefficient (Wildman–Crippen LogP) is 1.55. The van der Waals surface area contributed by atoms with Crippen LogP contribution in [-0.2, 0) is 9.47 Å². The van der Waals surface area contributed by atoms with Gasteiger partial charge in [0.2, 0.25) is 0 Å². The van der Waals surface area contributed by atoms with E-state index in [1.54, 1.807) is 6.92 Å². The number of rotatable bonds is 0. The second-order valence-corrected chi connectivity index (χ2v) is 3.47. The molecule has 0 unspecified atom stereocenters. The Hall–Kier alpha value is -0.120. The van der Waals surface area contributed by atoms with Gasteiger partial charge in [0.25, 0.3) is 0 Å². The zero-order valence-electron chi connectivity index (χ0n) is 8.68. The van der Waals surface area contributed by atoms with E-state index in [1.165, 1.54) is 0 Å². The van der Waals surface area contributed by atoms with Crippen molar-refractivity contribution < 1.29 is 14.6 Å². The van der Waals surface area contributed by atoms with Gasteiger partial charge >= 0.3 is 0 Å². The zero-order chi connectivity index (χ0) is 9.83. The molecule has 1 aliphatic rings. The summed E-state index contributed by atoms with van der Waals surface area (Å²) in [7, 11) is 0. The van der Waals surface area contributed by atoms with Gasteiger partial charge < -0.3 is 14.6 Å². The topological polar surface area (TPSA) is 38.7 Å². The van der Waals surface area contributed by atoms with E-state index in [-0.39, 0.29) is 0 Å². The molecule has 1 saturated heterocycles. The number of hydrogen-bond acceptors (Lipinski definition) is 3. The molecule has 0 amide bonds. The third kappa shape index (κ3) is 4.04. The van der Waals surface area contributed by atoms with Crippen molar-refractivity contribution in [2.75, 3.05) is 13.2 Å². The van der Waals surface area contributed by atoms with Gasteiger partial charge in [-0.05, 0) is 20.8 Å². The average Bonchev–Trinajstić information content (AvgIpc) is 2.01. The maximum absolute atomic E-state index is 9.36. The standard InChI is InChI=1S/C7H14O3.C2H6/c1-6(2)9-4-7(3,8)5-10-6;1-2/h8H,4-5H2,1-3H3;1-2H3. The highest BCUT2D eigenvalue weighted by molar-refractivity contribution is 4.77. The highest BCUT2D eigenvalue weighted by Crippen LogP contribution is 2.22. The molecule has 0 aromatic carbocycles. The minimum absolute atomic E-state index is 0.347. The van der Waals surface area contributed by atoms with Crippen molar-refractivity contribution >= 4 is 0 Å². The Morgan fingerprint density at radius 3 is 1.58 bits per heavy atom. The van der Waals surface area contributed by atoms with E-state index >= 15 is 0 Å². The minimum atomic E-state index is -0.810. The number of aliphatic hydroxyl groups is 1. The largest absolute Gasteiger partial charge is 0.385 e. The van der Waals surface area contributed by atoms with Crippen LogP contribution in [0.1, 0.15) is 34.6 Å². The fourth-order valence-corrected chi connectivity index (χ4v) is 0.742. The Morgan fingerprint density at radius 1 is 1.00 bits per heavy atom. The van der Waals surface area contributed by atoms with Crippen molar-refractivity contribution in [3.63, 3.8) is 0 Å². The van der Waals surface area contributed by atoms with Crippen LogP contribution in [-0.4, -0.2) is 29.7 Å². The first-order chi connectivity index (χ1) is 5.41. The van der Waals surface area contributed by atoms with Gasteiger partial charge in [-0.3, -0.25) is 0 Å². The fraction of sp³-hybridized carbons (Fsp3) is 1.00. The number of hydrogen-bond donors (Lipinski definition) is 1. The van der Waals surface area contributed by atoms with Crippen molar-refractivity contribution in [3.8, 4) is 0 Å². The van der Waals surface area contributed by atoms with Crippen LogP contribution in [0.5, 0.6) is 0 Å². The molecule has 12 heavy (non-hydrogen) atoms. The lowest BCUT2D eigenvalue weighted by Crippen LogP contribution is -2.49. The Balaban J connectivity index is 0.000000561. The highest BCUT2D eigenvalue weighted by atomic mass is 16.7.